The molecule has 0 unspecified atom stereocenters. The average molecular weight is 233 g/mol. The van der Waals surface area contributed by atoms with Crippen LogP contribution in [0.3, 0.4) is 0 Å². The number of aldehydes is 1. The molecule has 0 aromatic heterocycles. The fourth-order valence-corrected chi connectivity index (χ4v) is 2.08. The molecule has 0 heterocycles. The molecule has 17 heavy (non-hydrogen) atoms. The van der Waals surface area contributed by atoms with E-state index in [0.717, 1.165) is 6.42 Å². The fourth-order valence-electron chi connectivity index (χ4n) is 2.08. The minimum atomic E-state index is -0.465. The number of hydrogen-bond acceptors (Lipinski definition) is 2. The van der Waals surface area contributed by atoms with Gasteiger partial charge in [0.1, 0.15) is 0 Å². The van der Waals surface area contributed by atoms with Crippen LogP contribution in [0.15, 0.2) is 12.1 Å². The SMILES string of the molecule is Cc1cc(C)c(CCN(C)C(=O)C=O)c(C)c1. The van der Waals surface area contributed by atoms with E-state index in [1.807, 2.05) is 0 Å². The molecule has 1 rings (SSSR count). The lowest BCUT2D eigenvalue weighted by Gasteiger charge is -2.16. The molecule has 0 saturated carbocycles. The summed E-state index contributed by atoms with van der Waals surface area (Å²) in [6.45, 7) is 6.81. The van der Waals surface area contributed by atoms with Crippen LogP contribution in [0.5, 0.6) is 0 Å². The molecule has 3 nitrogen and oxygen atoms in total. The topological polar surface area (TPSA) is 37.4 Å². The van der Waals surface area contributed by atoms with Gasteiger partial charge in [0.15, 0.2) is 0 Å². The molecule has 0 N–H and O–H groups in total. The smallest absolute Gasteiger partial charge is 0.286 e. The maximum Gasteiger partial charge on any atom is 0.286 e. The van der Waals surface area contributed by atoms with Crippen molar-refractivity contribution in [2.75, 3.05) is 13.6 Å². The Balaban J connectivity index is 2.76. The molecule has 0 aliphatic rings. The first-order valence-electron chi connectivity index (χ1n) is 5.72. The average Bonchev–Trinajstić information content (AvgIpc) is 2.26. The number of aryl methyl sites for hydroxylation is 3. The molecule has 1 aromatic carbocycles. The summed E-state index contributed by atoms with van der Waals surface area (Å²) in [5.41, 5.74) is 5.01. The van der Waals surface area contributed by atoms with Crippen LogP contribution in [0.25, 0.3) is 0 Å². The molecule has 1 amide bonds. The minimum absolute atomic E-state index is 0.356. The summed E-state index contributed by atoms with van der Waals surface area (Å²) in [6, 6.07) is 4.29. The highest BCUT2D eigenvalue weighted by Crippen LogP contribution is 2.17. The molecule has 1 aromatic rings. The Morgan fingerprint density at radius 1 is 1.24 bits per heavy atom. The van der Waals surface area contributed by atoms with Crippen molar-refractivity contribution >= 4 is 12.2 Å². The monoisotopic (exact) mass is 233 g/mol. The number of hydrogen-bond donors (Lipinski definition) is 0. The maximum absolute atomic E-state index is 11.1. The van der Waals surface area contributed by atoms with Crippen LogP contribution in [-0.2, 0) is 16.0 Å². The van der Waals surface area contributed by atoms with Gasteiger partial charge in [0, 0.05) is 13.6 Å². The van der Waals surface area contributed by atoms with Crippen molar-refractivity contribution in [3.63, 3.8) is 0 Å². The third kappa shape index (κ3) is 3.41. The number of benzene rings is 1. The van der Waals surface area contributed by atoms with Crippen molar-refractivity contribution < 1.29 is 9.59 Å². The summed E-state index contributed by atoms with van der Waals surface area (Å²) in [7, 11) is 1.65. The maximum atomic E-state index is 11.1. The molecule has 0 bridgehead atoms. The first kappa shape index (κ1) is 13.4. The zero-order valence-electron chi connectivity index (χ0n) is 10.9. The number of likely N-dealkylation sites (N-methyl/N-ethyl adjacent to an activating group) is 1. The first-order valence-corrected chi connectivity index (χ1v) is 5.72. The summed E-state index contributed by atoms with van der Waals surface area (Å²) in [5, 5.41) is 0. The summed E-state index contributed by atoms with van der Waals surface area (Å²) in [5.74, 6) is -0.465. The normalized spacial score (nSPS) is 10.1. The van der Waals surface area contributed by atoms with Gasteiger partial charge in [-0.25, -0.2) is 0 Å². The summed E-state index contributed by atoms with van der Waals surface area (Å²) in [4.78, 5) is 22.9. The standard InChI is InChI=1S/C14H19NO2/c1-10-7-11(2)13(12(3)8-10)5-6-15(4)14(17)9-16/h7-9H,5-6H2,1-4H3. The molecular formula is C14H19NO2. The highest BCUT2D eigenvalue weighted by molar-refractivity contribution is 6.23. The van der Waals surface area contributed by atoms with E-state index in [0.29, 0.717) is 12.8 Å². The highest BCUT2D eigenvalue weighted by Gasteiger charge is 2.09. The van der Waals surface area contributed by atoms with Crippen LogP contribution in [0.4, 0.5) is 0 Å². The van der Waals surface area contributed by atoms with E-state index in [4.69, 9.17) is 0 Å². The quantitative estimate of drug-likeness (QED) is 0.587. The van der Waals surface area contributed by atoms with Gasteiger partial charge in [-0.3, -0.25) is 9.59 Å². The molecule has 0 spiro atoms. The van der Waals surface area contributed by atoms with Crippen LogP contribution < -0.4 is 0 Å². The van der Waals surface area contributed by atoms with E-state index in [-0.39, 0.29) is 0 Å². The Hall–Kier alpha value is -1.64. The van der Waals surface area contributed by atoms with Crippen molar-refractivity contribution in [2.45, 2.75) is 27.2 Å². The predicted octanol–water partition coefficient (Wildman–Crippen LogP) is 1.81. The first-order chi connectivity index (χ1) is 7.95. The lowest BCUT2D eigenvalue weighted by atomic mass is 9.97. The Kier molecular flexibility index (Phi) is 4.44. The second kappa shape index (κ2) is 5.62. The predicted molar refractivity (Wildman–Crippen MR) is 68.1 cm³/mol. The number of carbonyl (C=O) groups is 2. The van der Waals surface area contributed by atoms with Gasteiger partial charge in [-0.15, -0.1) is 0 Å². The molecule has 92 valence electrons. The van der Waals surface area contributed by atoms with Crippen molar-refractivity contribution in [1.82, 2.24) is 4.90 Å². The summed E-state index contributed by atoms with van der Waals surface area (Å²) in [6.07, 6.45) is 1.14. The second-order valence-electron chi connectivity index (χ2n) is 4.50. The van der Waals surface area contributed by atoms with Gasteiger partial charge >= 0.3 is 0 Å². The zero-order chi connectivity index (χ0) is 13.0. The van der Waals surface area contributed by atoms with E-state index < -0.39 is 5.91 Å². The van der Waals surface area contributed by atoms with Gasteiger partial charge < -0.3 is 4.90 Å². The molecule has 0 radical (unpaired) electrons. The second-order valence-corrected chi connectivity index (χ2v) is 4.50. The third-order valence-electron chi connectivity index (χ3n) is 3.01. The Bertz CT molecular complexity index is 415. The lowest BCUT2D eigenvalue weighted by Crippen LogP contribution is -2.29. The Labute approximate surface area is 102 Å². The largest absolute Gasteiger partial charge is 0.339 e. The van der Waals surface area contributed by atoms with Crippen molar-refractivity contribution in [3.8, 4) is 0 Å². The van der Waals surface area contributed by atoms with E-state index in [9.17, 15) is 9.59 Å². The lowest BCUT2D eigenvalue weighted by molar-refractivity contribution is -0.137. The van der Waals surface area contributed by atoms with Crippen LogP contribution in [0.1, 0.15) is 22.3 Å². The molecule has 0 aliphatic heterocycles. The number of nitrogens with zero attached hydrogens (tertiary/aromatic N) is 1. The van der Waals surface area contributed by atoms with Gasteiger partial charge in [-0.1, -0.05) is 17.7 Å². The van der Waals surface area contributed by atoms with Crippen molar-refractivity contribution in [2.24, 2.45) is 0 Å². The summed E-state index contributed by atoms with van der Waals surface area (Å²) < 4.78 is 0. The number of carbonyl (C=O) groups excluding carboxylic acids is 2. The van der Waals surface area contributed by atoms with Gasteiger partial charge in [-0.2, -0.15) is 0 Å². The van der Waals surface area contributed by atoms with Gasteiger partial charge in [0.2, 0.25) is 6.29 Å². The van der Waals surface area contributed by atoms with E-state index in [1.54, 1.807) is 7.05 Å². The van der Waals surface area contributed by atoms with Crippen molar-refractivity contribution in [1.29, 1.82) is 0 Å². The Morgan fingerprint density at radius 2 is 1.76 bits per heavy atom. The Morgan fingerprint density at radius 3 is 2.24 bits per heavy atom. The van der Waals surface area contributed by atoms with E-state index >= 15 is 0 Å². The summed E-state index contributed by atoms with van der Waals surface area (Å²) >= 11 is 0. The van der Waals surface area contributed by atoms with Gasteiger partial charge in [0.05, 0.1) is 0 Å². The van der Waals surface area contributed by atoms with Crippen LogP contribution in [0, 0.1) is 20.8 Å². The minimum Gasteiger partial charge on any atom is -0.339 e. The fraction of sp³-hybridized carbons (Fsp3) is 0.429. The van der Waals surface area contributed by atoms with Crippen LogP contribution >= 0.6 is 0 Å². The molecule has 0 saturated heterocycles. The number of amides is 1. The van der Waals surface area contributed by atoms with Gasteiger partial charge in [-0.05, 0) is 43.9 Å². The molecule has 0 atom stereocenters. The van der Waals surface area contributed by atoms with Gasteiger partial charge in [0.25, 0.3) is 5.91 Å². The highest BCUT2D eigenvalue weighted by atomic mass is 16.2. The molecule has 0 aliphatic carbocycles. The molecule has 3 heteroatoms. The molecular weight excluding hydrogens is 214 g/mol. The molecule has 0 fully saturated rings. The third-order valence-corrected chi connectivity index (χ3v) is 3.01. The zero-order valence-corrected chi connectivity index (χ0v) is 10.9. The van der Waals surface area contributed by atoms with Crippen molar-refractivity contribution in [3.05, 3.63) is 34.4 Å². The van der Waals surface area contributed by atoms with E-state index in [1.165, 1.54) is 27.2 Å². The number of rotatable bonds is 4. The van der Waals surface area contributed by atoms with E-state index in [2.05, 4.69) is 32.9 Å². The van der Waals surface area contributed by atoms with Crippen LogP contribution in [0.2, 0.25) is 0 Å². The van der Waals surface area contributed by atoms with Crippen LogP contribution in [-0.4, -0.2) is 30.7 Å².